The van der Waals surface area contributed by atoms with Crippen molar-refractivity contribution >= 4 is 11.8 Å². The molecule has 21 heavy (non-hydrogen) atoms. The van der Waals surface area contributed by atoms with Crippen molar-refractivity contribution in [2.75, 3.05) is 19.7 Å². The molecule has 6 heteroatoms. The fourth-order valence-electron chi connectivity index (χ4n) is 2.55. The molecule has 0 bridgehead atoms. The summed E-state index contributed by atoms with van der Waals surface area (Å²) in [5.74, 6) is -0.105. The fraction of sp³-hybridized carbons (Fsp3) is 0.467. The Labute approximate surface area is 124 Å². The number of benzene rings is 1. The molecule has 114 valence electrons. The van der Waals surface area contributed by atoms with Crippen molar-refractivity contribution in [2.45, 2.75) is 25.9 Å². The smallest absolute Gasteiger partial charge is 0.255 e. The molecule has 3 N–H and O–H groups in total. The number of nitrogens with zero attached hydrogens (tertiary/aromatic N) is 1. The number of carbonyl (C=O) groups is 2. The summed E-state index contributed by atoms with van der Waals surface area (Å²) in [5, 5.41) is 3.39. The second-order valence-corrected chi connectivity index (χ2v) is 5.46. The Hall–Kier alpha value is -2.08. The summed E-state index contributed by atoms with van der Waals surface area (Å²) >= 11 is 0. The lowest BCUT2D eigenvalue weighted by molar-refractivity contribution is -0.119. The van der Waals surface area contributed by atoms with Crippen LogP contribution in [0, 0.1) is 0 Å². The van der Waals surface area contributed by atoms with E-state index in [1.807, 2.05) is 4.90 Å². The van der Waals surface area contributed by atoms with Gasteiger partial charge in [0.05, 0.1) is 0 Å². The van der Waals surface area contributed by atoms with Crippen LogP contribution < -0.4 is 15.8 Å². The largest absolute Gasteiger partial charge is 0.484 e. The van der Waals surface area contributed by atoms with E-state index in [-0.39, 0.29) is 24.6 Å². The highest BCUT2D eigenvalue weighted by molar-refractivity contribution is 5.94. The van der Waals surface area contributed by atoms with Gasteiger partial charge in [0.1, 0.15) is 5.75 Å². The maximum Gasteiger partial charge on any atom is 0.255 e. The summed E-state index contributed by atoms with van der Waals surface area (Å²) in [5.41, 5.74) is 5.59. The SMILES string of the molecule is CC1CN(C(=O)c2cccc(OCC(N)=O)c2)CC(C)N1. The maximum absolute atomic E-state index is 12.5. The zero-order valence-corrected chi connectivity index (χ0v) is 12.3. The number of nitrogens with two attached hydrogens (primary N) is 1. The first kappa shape index (κ1) is 15.3. The molecule has 2 rings (SSSR count). The first-order valence-electron chi connectivity index (χ1n) is 7.02. The zero-order valence-electron chi connectivity index (χ0n) is 12.3. The van der Waals surface area contributed by atoms with Gasteiger partial charge in [0, 0.05) is 30.7 Å². The van der Waals surface area contributed by atoms with Crippen molar-refractivity contribution < 1.29 is 14.3 Å². The zero-order chi connectivity index (χ0) is 15.4. The van der Waals surface area contributed by atoms with Crippen molar-refractivity contribution in [1.29, 1.82) is 0 Å². The molecule has 0 saturated carbocycles. The van der Waals surface area contributed by atoms with E-state index in [1.165, 1.54) is 0 Å². The average molecular weight is 291 g/mol. The normalized spacial score (nSPS) is 21.9. The first-order valence-corrected chi connectivity index (χ1v) is 7.02. The van der Waals surface area contributed by atoms with E-state index in [2.05, 4.69) is 19.2 Å². The molecular formula is C15H21N3O3. The molecule has 1 fully saturated rings. The summed E-state index contributed by atoms with van der Waals surface area (Å²) in [6.45, 7) is 5.27. The van der Waals surface area contributed by atoms with Gasteiger partial charge in [-0.1, -0.05) is 6.07 Å². The number of carbonyl (C=O) groups excluding carboxylic acids is 2. The number of piperazine rings is 1. The van der Waals surface area contributed by atoms with Crippen molar-refractivity contribution in [3.63, 3.8) is 0 Å². The fourth-order valence-corrected chi connectivity index (χ4v) is 2.55. The van der Waals surface area contributed by atoms with E-state index in [4.69, 9.17) is 10.5 Å². The molecule has 0 spiro atoms. The van der Waals surface area contributed by atoms with Gasteiger partial charge in [-0.3, -0.25) is 9.59 Å². The lowest BCUT2D eigenvalue weighted by atomic mass is 10.1. The van der Waals surface area contributed by atoms with E-state index in [0.29, 0.717) is 24.4 Å². The molecule has 0 aromatic heterocycles. The Balaban J connectivity index is 2.08. The van der Waals surface area contributed by atoms with Crippen LogP contribution in [0.1, 0.15) is 24.2 Å². The van der Waals surface area contributed by atoms with Crippen molar-refractivity contribution in [2.24, 2.45) is 5.73 Å². The molecule has 2 amide bonds. The lowest BCUT2D eigenvalue weighted by Gasteiger charge is -2.36. The molecule has 1 aliphatic rings. The van der Waals surface area contributed by atoms with Gasteiger partial charge in [-0.15, -0.1) is 0 Å². The first-order chi connectivity index (χ1) is 9.95. The summed E-state index contributed by atoms with van der Waals surface area (Å²) in [7, 11) is 0. The van der Waals surface area contributed by atoms with Crippen LogP contribution in [0.15, 0.2) is 24.3 Å². The molecular weight excluding hydrogens is 270 g/mol. The van der Waals surface area contributed by atoms with Crippen LogP contribution in [-0.2, 0) is 4.79 Å². The summed E-state index contributed by atoms with van der Waals surface area (Å²) in [6, 6.07) is 7.36. The molecule has 2 atom stereocenters. The Bertz CT molecular complexity index is 523. The van der Waals surface area contributed by atoms with E-state index >= 15 is 0 Å². The molecule has 6 nitrogen and oxygen atoms in total. The highest BCUT2D eigenvalue weighted by Gasteiger charge is 2.25. The molecule has 1 aliphatic heterocycles. The lowest BCUT2D eigenvalue weighted by Crippen LogP contribution is -2.55. The van der Waals surface area contributed by atoms with Gasteiger partial charge in [0.15, 0.2) is 6.61 Å². The number of rotatable bonds is 4. The van der Waals surface area contributed by atoms with E-state index in [1.54, 1.807) is 24.3 Å². The molecule has 1 aromatic carbocycles. The topological polar surface area (TPSA) is 84.7 Å². The van der Waals surface area contributed by atoms with Gasteiger partial charge in [-0.25, -0.2) is 0 Å². The minimum absolute atomic E-state index is 0.0280. The molecule has 0 aliphatic carbocycles. The van der Waals surface area contributed by atoms with Crippen LogP contribution in [-0.4, -0.2) is 48.5 Å². The van der Waals surface area contributed by atoms with Crippen molar-refractivity contribution in [3.05, 3.63) is 29.8 Å². The van der Waals surface area contributed by atoms with Crippen LogP contribution in [0.5, 0.6) is 5.75 Å². The predicted octanol–water partition coefficient (Wildman–Crippen LogP) is 0.373. The minimum Gasteiger partial charge on any atom is -0.484 e. The van der Waals surface area contributed by atoms with Gasteiger partial charge >= 0.3 is 0 Å². The van der Waals surface area contributed by atoms with Crippen LogP contribution in [0.25, 0.3) is 0 Å². The standard InChI is InChI=1S/C15H21N3O3/c1-10-7-18(8-11(2)17-10)15(20)12-4-3-5-13(6-12)21-9-14(16)19/h3-6,10-11,17H,7-9H2,1-2H3,(H2,16,19). The van der Waals surface area contributed by atoms with Crippen LogP contribution in [0.3, 0.4) is 0 Å². The predicted molar refractivity (Wildman–Crippen MR) is 79.1 cm³/mol. The average Bonchev–Trinajstić information content (AvgIpc) is 2.43. The number of ether oxygens (including phenoxy) is 1. The highest BCUT2D eigenvalue weighted by atomic mass is 16.5. The summed E-state index contributed by atoms with van der Waals surface area (Å²) < 4.78 is 5.23. The quantitative estimate of drug-likeness (QED) is 0.839. The van der Waals surface area contributed by atoms with Crippen LogP contribution in [0.2, 0.25) is 0 Å². The number of primary amides is 1. The van der Waals surface area contributed by atoms with Gasteiger partial charge in [-0.2, -0.15) is 0 Å². The van der Waals surface area contributed by atoms with E-state index in [9.17, 15) is 9.59 Å². The molecule has 1 heterocycles. The Morgan fingerprint density at radius 3 is 2.62 bits per heavy atom. The van der Waals surface area contributed by atoms with Gasteiger partial charge in [0.25, 0.3) is 11.8 Å². The third-order valence-electron chi connectivity index (χ3n) is 3.31. The highest BCUT2D eigenvalue weighted by Crippen LogP contribution is 2.16. The van der Waals surface area contributed by atoms with E-state index < -0.39 is 5.91 Å². The number of nitrogens with one attached hydrogen (secondary N) is 1. The van der Waals surface area contributed by atoms with E-state index in [0.717, 1.165) is 0 Å². The molecule has 1 aromatic rings. The Kier molecular flexibility index (Phi) is 4.80. The minimum atomic E-state index is -0.545. The van der Waals surface area contributed by atoms with Crippen molar-refractivity contribution in [1.82, 2.24) is 10.2 Å². The van der Waals surface area contributed by atoms with Gasteiger partial charge < -0.3 is 20.7 Å². The molecule has 2 unspecified atom stereocenters. The van der Waals surface area contributed by atoms with Crippen molar-refractivity contribution in [3.8, 4) is 5.75 Å². The summed E-state index contributed by atoms with van der Waals surface area (Å²) in [6.07, 6.45) is 0. The molecule has 0 radical (unpaired) electrons. The number of hydrogen-bond donors (Lipinski definition) is 2. The number of hydrogen-bond acceptors (Lipinski definition) is 4. The van der Waals surface area contributed by atoms with Gasteiger partial charge in [0.2, 0.25) is 0 Å². The second-order valence-electron chi connectivity index (χ2n) is 5.46. The van der Waals surface area contributed by atoms with Crippen LogP contribution in [0.4, 0.5) is 0 Å². The van der Waals surface area contributed by atoms with Crippen LogP contribution >= 0.6 is 0 Å². The maximum atomic E-state index is 12.5. The third-order valence-corrected chi connectivity index (χ3v) is 3.31. The summed E-state index contributed by atoms with van der Waals surface area (Å²) in [4.78, 5) is 25.1. The molecule has 1 saturated heterocycles. The Morgan fingerprint density at radius 2 is 2.00 bits per heavy atom. The number of amides is 2. The monoisotopic (exact) mass is 291 g/mol. The second kappa shape index (κ2) is 6.58. The Morgan fingerprint density at radius 1 is 1.33 bits per heavy atom. The van der Waals surface area contributed by atoms with Gasteiger partial charge in [-0.05, 0) is 32.0 Å². The third kappa shape index (κ3) is 4.19.